The van der Waals surface area contributed by atoms with Gasteiger partial charge in [-0.1, -0.05) is 50.2 Å². The Morgan fingerprint density at radius 1 is 1.09 bits per heavy atom. The Morgan fingerprint density at radius 2 is 1.78 bits per heavy atom. The van der Waals surface area contributed by atoms with Crippen molar-refractivity contribution in [3.63, 3.8) is 0 Å². The molecule has 0 saturated heterocycles. The zero-order chi connectivity index (χ0) is 22.9. The summed E-state index contributed by atoms with van der Waals surface area (Å²) in [5.74, 6) is -0.418. The molecule has 1 atom stereocenters. The Bertz CT molecular complexity index is 1110. The number of rotatable bonds is 6. The first-order chi connectivity index (χ1) is 15.3. The van der Waals surface area contributed by atoms with Crippen molar-refractivity contribution in [1.82, 2.24) is 0 Å². The van der Waals surface area contributed by atoms with Gasteiger partial charge in [-0.05, 0) is 60.4 Å². The van der Waals surface area contributed by atoms with Crippen LogP contribution in [0.4, 0.5) is 0 Å². The van der Waals surface area contributed by atoms with Crippen LogP contribution in [0.5, 0.6) is 5.75 Å². The third-order valence-corrected chi connectivity index (χ3v) is 6.30. The Labute approximate surface area is 188 Å². The second-order valence-electron chi connectivity index (χ2n) is 9.29. The van der Waals surface area contributed by atoms with E-state index in [9.17, 15) is 14.7 Å². The van der Waals surface area contributed by atoms with E-state index in [0.29, 0.717) is 13.0 Å². The number of ketones is 1. The van der Waals surface area contributed by atoms with Crippen molar-refractivity contribution in [2.75, 3.05) is 6.61 Å². The highest BCUT2D eigenvalue weighted by Gasteiger charge is 2.37. The summed E-state index contributed by atoms with van der Waals surface area (Å²) in [4.78, 5) is 30.1. The monoisotopic (exact) mass is 431 g/mol. The molecule has 32 heavy (non-hydrogen) atoms. The van der Waals surface area contributed by atoms with Crippen LogP contribution in [0, 0.1) is 5.41 Å². The minimum atomic E-state index is -1.04. The molecule has 0 bridgehead atoms. The highest BCUT2D eigenvalue weighted by atomic mass is 16.5. The molecular weight excluding hydrogens is 402 g/mol. The number of aliphatic imine (C=N–C) groups is 1. The maximum Gasteiger partial charge on any atom is 0.328 e. The van der Waals surface area contributed by atoms with Gasteiger partial charge in [-0.2, -0.15) is 0 Å². The van der Waals surface area contributed by atoms with Crippen LogP contribution in [0.3, 0.4) is 0 Å². The number of nitrogens with zero attached hydrogens (tertiary/aromatic N) is 1. The molecule has 5 heteroatoms. The predicted octanol–water partition coefficient (Wildman–Crippen LogP) is 5.12. The zero-order valence-electron chi connectivity index (χ0n) is 18.9. The summed E-state index contributed by atoms with van der Waals surface area (Å²) in [7, 11) is 0. The van der Waals surface area contributed by atoms with Crippen LogP contribution in [0.15, 0.2) is 59.1 Å². The lowest BCUT2D eigenvalue weighted by Crippen LogP contribution is -2.32. The number of carbonyl (C=O) groups excluding carboxylic acids is 1. The quantitative estimate of drug-likeness (QED) is 0.689. The number of Topliss-reactive ketones (excluding diaryl/α,β-unsaturated/α-hetero) is 1. The van der Waals surface area contributed by atoms with Crippen molar-refractivity contribution in [1.29, 1.82) is 0 Å². The Hall–Kier alpha value is -3.21. The fourth-order valence-corrected chi connectivity index (χ4v) is 4.60. The number of carboxylic acids is 1. The maximum atomic E-state index is 13.5. The van der Waals surface area contributed by atoms with E-state index in [2.05, 4.69) is 18.8 Å². The van der Waals surface area contributed by atoms with Crippen molar-refractivity contribution >= 4 is 23.0 Å². The molecule has 0 radical (unpaired) electrons. The lowest BCUT2D eigenvalue weighted by atomic mass is 9.68. The molecule has 4 rings (SSSR count). The number of benzene rings is 2. The molecule has 2 aromatic rings. The summed E-state index contributed by atoms with van der Waals surface area (Å²) >= 11 is 0. The van der Waals surface area contributed by atoms with Crippen molar-refractivity contribution < 1.29 is 19.4 Å². The number of ether oxygens (including phenoxy) is 1. The average Bonchev–Trinajstić information content (AvgIpc) is 2.76. The number of carbonyl (C=O) groups is 2. The molecule has 1 unspecified atom stereocenters. The number of hydrogen-bond acceptors (Lipinski definition) is 4. The SMILES string of the molecule is CCOc1ccc(CC(/N=C2\C(=O)C3=C(CC(C)(C)CC3)c3ccccc32)C(=O)O)cc1. The Kier molecular flexibility index (Phi) is 6.00. The summed E-state index contributed by atoms with van der Waals surface area (Å²) in [5, 5.41) is 9.88. The van der Waals surface area contributed by atoms with Crippen LogP contribution in [-0.2, 0) is 16.0 Å². The first-order valence-electron chi connectivity index (χ1n) is 11.2. The van der Waals surface area contributed by atoms with Gasteiger partial charge in [-0.3, -0.25) is 9.79 Å². The molecule has 2 aromatic carbocycles. The molecule has 0 aliphatic heterocycles. The summed E-state index contributed by atoms with van der Waals surface area (Å²) in [6.07, 6.45) is 2.68. The van der Waals surface area contributed by atoms with E-state index in [1.54, 1.807) is 0 Å². The fourth-order valence-electron chi connectivity index (χ4n) is 4.60. The molecule has 166 valence electrons. The van der Waals surface area contributed by atoms with Crippen LogP contribution in [0.2, 0.25) is 0 Å². The number of allylic oxidation sites excluding steroid dienone is 2. The minimum absolute atomic E-state index is 0.118. The van der Waals surface area contributed by atoms with Gasteiger partial charge in [-0.25, -0.2) is 4.79 Å². The maximum absolute atomic E-state index is 13.5. The van der Waals surface area contributed by atoms with Crippen molar-refractivity contribution in [3.05, 3.63) is 70.8 Å². The second-order valence-corrected chi connectivity index (χ2v) is 9.29. The standard InChI is InChI=1S/C27H29NO4/c1-4-32-18-11-9-17(10-12-18)15-23(26(30)31)28-24-20-8-6-5-7-19(20)22-16-27(2,3)14-13-21(22)25(24)29/h5-12,23H,4,13-16H2,1-3H3,(H,30,31)/b28-24-. The van der Waals surface area contributed by atoms with Gasteiger partial charge in [0.1, 0.15) is 11.5 Å². The van der Waals surface area contributed by atoms with Gasteiger partial charge in [0.15, 0.2) is 6.04 Å². The van der Waals surface area contributed by atoms with Gasteiger partial charge >= 0.3 is 5.97 Å². The lowest BCUT2D eigenvalue weighted by Gasteiger charge is -2.36. The molecule has 1 N–H and O–H groups in total. The zero-order valence-corrected chi connectivity index (χ0v) is 18.9. The first-order valence-corrected chi connectivity index (χ1v) is 11.2. The lowest BCUT2D eigenvalue weighted by molar-refractivity contribution is -0.138. The fraction of sp³-hybridized carbons (Fsp3) is 0.370. The van der Waals surface area contributed by atoms with Crippen LogP contribution < -0.4 is 4.74 Å². The van der Waals surface area contributed by atoms with Crippen LogP contribution in [0.1, 0.15) is 56.7 Å². The van der Waals surface area contributed by atoms with E-state index < -0.39 is 12.0 Å². The van der Waals surface area contributed by atoms with Gasteiger partial charge in [-0.15, -0.1) is 0 Å². The summed E-state index contributed by atoms with van der Waals surface area (Å²) in [6, 6.07) is 14.1. The van der Waals surface area contributed by atoms with Crippen molar-refractivity contribution in [3.8, 4) is 5.75 Å². The third-order valence-electron chi connectivity index (χ3n) is 6.30. The Balaban J connectivity index is 1.71. The van der Waals surface area contributed by atoms with E-state index in [0.717, 1.165) is 46.4 Å². The van der Waals surface area contributed by atoms with E-state index >= 15 is 0 Å². The molecule has 0 fully saturated rings. The first kappa shape index (κ1) is 22.0. The molecule has 0 spiro atoms. The highest BCUT2D eigenvalue weighted by molar-refractivity contribution is 6.54. The van der Waals surface area contributed by atoms with Gasteiger partial charge in [0.2, 0.25) is 5.78 Å². The summed E-state index contributed by atoms with van der Waals surface area (Å²) in [5.41, 5.74) is 4.90. The van der Waals surface area contributed by atoms with E-state index in [1.165, 1.54) is 0 Å². The molecule has 2 aliphatic rings. The van der Waals surface area contributed by atoms with Crippen LogP contribution >= 0.6 is 0 Å². The topological polar surface area (TPSA) is 76.0 Å². The predicted molar refractivity (Wildman–Crippen MR) is 125 cm³/mol. The van der Waals surface area contributed by atoms with Gasteiger partial charge < -0.3 is 9.84 Å². The number of carboxylic acid groups (broad SMARTS) is 1. The van der Waals surface area contributed by atoms with Crippen LogP contribution in [-0.4, -0.2) is 35.2 Å². The normalized spacial score (nSPS) is 19.3. The number of fused-ring (bicyclic) bond motifs is 2. The van der Waals surface area contributed by atoms with Crippen molar-refractivity contribution in [2.24, 2.45) is 10.4 Å². The van der Waals surface area contributed by atoms with E-state index in [-0.39, 0.29) is 23.3 Å². The number of hydrogen-bond donors (Lipinski definition) is 1. The second kappa shape index (κ2) is 8.73. The highest BCUT2D eigenvalue weighted by Crippen LogP contribution is 2.46. The molecule has 0 saturated carbocycles. The van der Waals surface area contributed by atoms with E-state index in [1.807, 2.05) is 55.5 Å². The molecule has 2 aliphatic carbocycles. The largest absolute Gasteiger partial charge is 0.494 e. The van der Waals surface area contributed by atoms with Crippen molar-refractivity contribution in [2.45, 2.75) is 52.5 Å². The smallest absolute Gasteiger partial charge is 0.328 e. The van der Waals surface area contributed by atoms with Crippen LogP contribution in [0.25, 0.3) is 5.57 Å². The molecule has 0 heterocycles. The summed E-state index contributed by atoms with van der Waals surface area (Å²) < 4.78 is 5.46. The van der Waals surface area contributed by atoms with E-state index in [4.69, 9.17) is 4.74 Å². The summed E-state index contributed by atoms with van der Waals surface area (Å²) in [6.45, 7) is 6.94. The minimum Gasteiger partial charge on any atom is -0.494 e. The number of aliphatic carboxylic acids is 1. The van der Waals surface area contributed by atoms with Gasteiger partial charge in [0.05, 0.1) is 6.61 Å². The third kappa shape index (κ3) is 4.38. The average molecular weight is 432 g/mol. The molecule has 0 aromatic heterocycles. The van der Waals surface area contributed by atoms with Gasteiger partial charge in [0.25, 0.3) is 0 Å². The molecule has 0 amide bonds. The Morgan fingerprint density at radius 3 is 2.44 bits per heavy atom. The van der Waals surface area contributed by atoms with Gasteiger partial charge in [0, 0.05) is 17.6 Å². The molecular formula is C27H29NO4. The molecule has 5 nitrogen and oxygen atoms in total.